The maximum atomic E-state index is 12.5. The number of ketones is 2. The zero-order valence-electron chi connectivity index (χ0n) is 13.6. The summed E-state index contributed by atoms with van der Waals surface area (Å²) >= 11 is 0. The standard InChI is InChI=1S/C18H24O3/c1-10-15-11(19)6-17(2,3)8-13(15)21-14-9-18(4,5)7-12(20)16(10)14/h10H,6-9H2,1-5H3. The van der Waals surface area contributed by atoms with Crippen LogP contribution in [0.5, 0.6) is 0 Å². The predicted molar refractivity (Wildman–Crippen MR) is 80.3 cm³/mol. The maximum Gasteiger partial charge on any atom is 0.163 e. The minimum Gasteiger partial charge on any atom is -0.465 e. The van der Waals surface area contributed by atoms with E-state index in [0.717, 1.165) is 35.5 Å². The van der Waals surface area contributed by atoms with Gasteiger partial charge in [0.25, 0.3) is 0 Å². The number of allylic oxidation sites excluding steroid dienone is 4. The molecule has 114 valence electrons. The summed E-state index contributed by atoms with van der Waals surface area (Å²) in [5, 5.41) is 0. The van der Waals surface area contributed by atoms with Crippen molar-refractivity contribution >= 4 is 11.6 Å². The van der Waals surface area contributed by atoms with Crippen molar-refractivity contribution < 1.29 is 14.3 Å². The number of rotatable bonds is 0. The summed E-state index contributed by atoms with van der Waals surface area (Å²) in [5.41, 5.74) is 1.39. The molecule has 3 heteroatoms. The molecule has 3 aliphatic rings. The van der Waals surface area contributed by atoms with E-state index in [0.29, 0.717) is 12.8 Å². The van der Waals surface area contributed by atoms with Crippen molar-refractivity contribution in [2.24, 2.45) is 16.7 Å². The molecule has 0 saturated heterocycles. The van der Waals surface area contributed by atoms with Crippen LogP contribution in [0.1, 0.15) is 60.3 Å². The summed E-state index contributed by atoms with van der Waals surface area (Å²) in [7, 11) is 0. The smallest absolute Gasteiger partial charge is 0.163 e. The van der Waals surface area contributed by atoms with E-state index in [-0.39, 0.29) is 28.3 Å². The molecule has 21 heavy (non-hydrogen) atoms. The molecule has 0 bridgehead atoms. The first kappa shape index (κ1) is 14.6. The fourth-order valence-corrected chi connectivity index (χ4v) is 4.00. The van der Waals surface area contributed by atoms with E-state index in [9.17, 15) is 9.59 Å². The zero-order valence-corrected chi connectivity index (χ0v) is 13.6. The van der Waals surface area contributed by atoms with Crippen LogP contribution in [-0.4, -0.2) is 11.6 Å². The average Bonchev–Trinajstić information content (AvgIpc) is 2.22. The Morgan fingerprint density at radius 3 is 1.57 bits per heavy atom. The number of carbonyl (C=O) groups excluding carboxylic acids is 2. The minimum atomic E-state index is -0.101. The summed E-state index contributed by atoms with van der Waals surface area (Å²) in [6.07, 6.45) is 2.65. The molecular weight excluding hydrogens is 264 g/mol. The van der Waals surface area contributed by atoms with E-state index in [4.69, 9.17) is 4.74 Å². The number of hydrogen-bond acceptors (Lipinski definition) is 3. The van der Waals surface area contributed by atoms with Gasteiger partial charge in [-0.3, -0.25) is 9.59 Å². The maximum absolute atomic E-state index is 12.5. The molecule has 1 aliphatic heterocycles. The fraction of sp³-hybridized carbons (Fsp3) is 0.667. The number of ether oxygens (including phenoxy) is 1. The highest BCUT2D eigenvalue weighted by Crippen LogP contribution is 2.49. The minimum absolute atomic E-state index is 0.0537. The largest absolute Gasteiger partial charge is 0.465 e. The van der Waals surface area contributed by atoms with Crippen molar-refractivity contribution in [2.45, 2.75) is 60.3 Å². The second-order valence-electron chi connectivity index (χ2n) is 8.38. The van der Waals surface area contributed by atoms with Gasteiger partial charge in [-0.25, -0.2) is 0 Å². The molecule has 0 amide bonds. The Balaban J connectivity index is 2.03. The van der Waals surface area contributed by atoms with Crippen LogP contribution < -0.4 is 0 Å². The van der Waals surface area contributed by atoms with Gasteiger partial charge in [-0.05, 0) is 10.8 Å². The van der Waals surface area contributed by atoms with E-state index in [1.54, 1.807) is 0 Å². The lowest BCUT2D eigenvalue weighted by molar-refractivity contribution is -0.120. The molecule has 0 spiro atoms. The molecular formula is C18H24O3. The van der Waals surface area contributed by atoms with Crippen molar-refractivity contribution in [3.63, 3.8) is 0 Å². The fourth-order valence-electron chi connectivity index (χ4n) is 4.00. The summed E-state index contributed by atoms with van der Waals surface area (Å²) in [4.78, 5) is 25.0. The van der Waals surface area contributed by atoms with Crippen molar-refractivity contribution in [3.8, 4) is 0 Å². The second-order valence-corrected chi connectivity index (χ2v) is 8.38. The summed E-state index contributed by atoms with van der Waals surface area (Å²) in [5.74, 6) is 1.83. The molecule has 0 radical (unpaired) electrons. The van der Waals surface area contributed by atoms with Crippen LogP contribution in [0.4, 0.5) is 0 Å². The van der Waals surface area contributed by atoms with E-state index >= 15 is 0 Å². The molecule has 0 unspecified atom stereocenters. The van der Waals surface area contributed by atoms with Gasteiger partial charge in [-0.1, -0.05) is 34.6 Å². The molecule has 0 aromatic rings. The van der Waals surface area contributed by atoms with Crippen LogP contribution >= 0.6 is 0 Å². The van der Waals surface area contributed by atoms with Gasteiger partial charge in [0.15, 0.2) is 11.6 Å². The van der Waals surface area contributed by atoms with Gasteiger partial charge >= 0.3 is 0 Å². The van der Waals surface area contributed by atoms with Gasteiger partial charge in [0.2, 0.25) is 0 Å². The van der Waals surface area contributed by atoms with Gasteiger partial charge in [0, 0.05) is 42.7 Å². The summed E-state index contributed by atoms with van der Waals surface area (Å²) in [6.45, 7) is 10.4. The first-order chi connectivity index (χ1) is 9.60. The van der Waals surface area contributed by atoms with Gasteiger partial charge in [0.05, 0.1) is 0 Å². The van der Waals surface area contributed by atoms with Crippen molar-refractivity contribution in [1.29, 1.82) is 0 Å². The van der Waals surface area contributed by atoms with Crippen LogP contribution in [0.25, 0.3) is 0 Å². The van der Waals surface area contributed by atoms with Crippen molar-refractivity contribution in [1.82, 2.24) is 0 Å². The van der Waals surface area contributed by atoms with Crippen LogP contribution in [-0.2, 0) is 14.3 Å². The molecule has 0 N–H and O–H groups in total. The molecule has 0 fully saturated rings. The molecule has 3 nitrogen and oxygen atoms in total. The van der Waals surface area contributed by atoms with E-state index in [1.165, 1.54) is 0 Å². The van der Waals surface area contributed by atoms with Crippen molar-refractivity contribution in [3.05, 3.63) is 22.7 Å². The molecule has 0 aromatic carbocycles. The predicted octanol–water partition coefficient (Wildman–Crippen LogP) is 3.94. The Morgan fingerprint density at radius 2 is 1.19 bits per heavy atom. The lowest BCUT2D eigenvalue weighted by atomic mass is 9.67. The molecule has 0 saturated carbocycles. The van der Waals surface area contributed by atoms with Crippen LogP contribution in [0.3, 0.4) is 0 Å². The lowest BCUT2D eigenvalue weighted by Gasteiger charge is -2.41. The van der Waals surface area contributed by atoms with Crippen LogP contribution in [0.2, 0.25) is 0 Å². The first-order valence-electron chi connectivity index (χ1n) is 7.80. The third kappa shape index (κ3) is 2.37. The van der Waals surface area contributed by atoms with Gasteiger partial charge in [0.1, 0.15) is 11.5 Å². The quantitative estimate of drug-likeness (QED) is 0.678. The Morgan fingerprint density at radius 1 is 0.810 bits per heavy atom. The van der Waals surface area contributed by atoms with Crippen molar-refractivity contribution in [2.75, 3.05) is 0 Å². The normalized spacial score (nSPS) is 28.2. The van der Waals surface area contributed by atoms with Crippen LogP contribution in [0.15, 0.2) is 22.7 Å². The topological polar surface area (TPSA) is 43.4 Å². The zero-order chi connectivity index (χ0) is 15.6. The Labute approximate surface area is 126 Å². The molecule has 1 heterocycles. The van der Waals surface area contributed by atoms with E-state index < -0.39 is 0 Å². The number of Topliss-reactive ketones (excluding diaryl/α,β-unsaturated/α-hetero) is 2. The highest BCUT2D eigenvalue weighted by Gasteiger charge is 2.45. The SMILES string of the molecule is CC1C2=C(CC(C)(C)CC2=O)OC2=C1C(=O)CC(C)(C)C2. The third-order valence-electron chi connectivity index (χ3n) is 4.87. The average molecular weight is 288 g/mol. The molecule has 2 aliphatic carbocycles. The van der Waals surface area contributed by atoms with Gasteiger partial charge in [-0.2, -0.15) is 0 Å². The molecule has 0 atom stereocenters. The third-order valence-corrected chi connectivity index (χ3v) is 4.87. The second kappa shape index (κ2) is 4.31. The Kier molecular flexibility index (Phi) is 2.99. The lowest BCUT2D eigenvalue weighted by Crippen LogP contribution is -2.37. The van der Waals surface area contributed by atoms with Crippen LogP contribution in [0, 0.1) is 16.7 Å². The summed E-state index contributed by atoms with van der Waals surface area (Å²) < 4.78 is 6.09. The first-order valence-corrected chi connectivity index (χ1v) is 7.80. The van der Waals surface area contributed by atoms with Gasteiger partial charge in [-0.15, -0.1) is 0 Å². The highest BCUT2D eigenvalue weighted by molar-refractivity contribution is 6.04. The van der Waals surface area contributed by atoms with E-state index in [1.807, 2.05) is 6.92 Å². The molecule has 3 rings (SSSR count). The highest BCUT2D eigenvalue weighted by atomic mass is 16.5. The molecule has 0 aromatic heterocycles. The number of hydrogen-bond donors (Lipinski definition) is 0. The summed E-state index contributed by atoms with van der Waals surface area (Å²) in [6, 6.07) is 0. The van der Waals surface area contributed by atoms with Gasteiger partial charge < -0.3 is 4.74 Å². The number of carbonyl (C=O) groups is 2. The Bertz CT molecular complexity index is 550. The van der Waals surface area contributed by atoms with E-state index in [2.05, 4.69) is 27.7 Å². The monoisotopic (exact) mass is 288 g/mol. The Hall–Kier alpha value is -1.38.